The summed E-state index contributed by atoms with van der Waals surface area (Å²) in [6.45, 7) is 2.56. The first-order valence-electron chi connectivity index (χ1n) is 10.4. The minimum Gasteiger partial charge on any atom is -0.359 e. The zero-order chi connectivity index (χ0) is 20.2. The molecule has 1 N–H and O–H groups in total. The lowest BCUT2D eigenvalue weighted by Crippen LogP contribution is -2.37. The summed E-state index contributed by atoms with van der Waals surface area (Å²) in [7, 11) is 2.01. The van der Waals surface area contributed by atoms with Crippen LogP contribution in [0.5, 0.6) is 0 Å². The highest BCUT2D eigenvalue weighted by Gasteiger charge is 2.18. The van der Waals surface area contributed by atoms with E-state index in [4.69, 9.17) is 4.98 Å². The molecule has 0 unspecified atom stereocenters. The molecule has 5 nitrogen and oxygen atoms in total. The van der Waals surface area contributed by atoms with Gasteiger partial charge in [-0.15, -0.1) is 11.3 Å². The number of rotatable bonds is 6. The molecule has 6 heteroatoms. The molecule has 0 aliphatic heterocycles. The van der Waals surface area contributed by atoms with Crippen LogP contribution < -0.4 is 10.2 Å². The number of carbonyl (C=O) groups is 1. The van der Waals surface area contributed by atoms with Gasteiger partial charge in [-0.3, -0.25) is 4.79 Å². The Morgan fingerprint density at radius 2 is 1.93 bits per heavy atom. The van der Waals surface area contributed by atoms with Crippen molar-refractivity contribution in [1.29, 1.82) is 0 Å². The van der Waals surface area contributed by atoms with Gasteiger partial charge in [0.05, 0.1) is 5.39 Å². The largest absolute Gasteiger partial charge is 0.359 e. The first-order valence-corrected chi connectivity index (χ1v) is 11.3. The highest BCUT2D eigenvalue weighted by Crippen LogP contribution is 2.36. The maximum absolute atomic E-state index is 12.4. The van der Waals surface area contributed by atoms with Gasteiger partial charge in [0, 0.05) is 30.9 Å². The number of hydrogen-bond acceptors (Lipinski definition) is 5. The third-order valence-corrected chi connectivity index (χ3v) is 6.63. The Morgan fingerprint density at radius 1 is 1.17 bits per heavy atom. The summed E-state index contributed by atoms with van der Waals surface area (Å²) < 4.78 is 0. The topological polar surface area (TPSA) is 58.1 Å². The summed E-state index contributed by atoms with van der Waals surface area (Å²) in [4.78, 5) is 26.0. The number of thiophene rings is 1. The molecule has 1 aliphatic rings. The number of nitrogens with one attached hydrogen (secondary N) is 1. The second kappa shape index (κ2) is 8.91. The maximum Gasteiger partial charge on any atom is 0.221 e. The molecule has 29 heavy (non-hydrogen) atoms. The van der Waals surface area contributed by atoms with Crippen molar-refractivity contribution in [3.63, 3.8) is 0 Å². The van der Waals surface area contributed by atoms with Gasteiger partial charge in [0.15, 0.2) is 0 Å². The summed E-state index contributed by atoms with van der Waals surface area (Å²) in [5, 5.41) is 4.25. The number of benzene rings is 1. The SMILES string of the molecule is Cc1nc(N(C)CCC(=O)NC2CCCCC2)c2cc(-c3ccccc3)sc2n1. The molecule has 0 saturated heterocycles. The van der Waals surface area contributed by atoms with Crippen molar-refractivity contribution in [2.45, 2.75) is 51.5 Å². The second-order valence-electron chi connectivity index (χ2n) is 7.86. The van der Waals surface area contributed by atoms with Gasteiger partial charge in [-0.05, 0) is 31.4 Å². The molecule has 0 spiro atoms. The normalized spacial score (nSPS) is 14.8. The summed E-state index contributed by atoms with van der Waals surface area (Å²) in [6.07, 6.45) is 6.46. The minimum absolute atomic E-state index is 0.140. The number of aryl methyl sites for hydroxylation is 1. The van der Waals surface area contributed by atoms with E-state index in [2.05, 4.69) is 45.5 Å². The van der Waals surface area contributed by atoms with Crippen LogP contribution in [0.25, 0.3) is 20.7 Å². The number of carbonyl (C=O) groups excluding carboxylic acids is 1. The van der Waals surface area contributed by atoms with Crippen LogP contribution in [0, 0.1) is 6.92 Å². The fourth-order valence-corrected chi connectivity index (χ4v) is 5.04. The van der Waals surface area contributed by atoms with Crippen LogP contribution in [0.3, 0.4) is 0 Å². The zero-order valence-corrected chi connectivity index (χ0v) is 18.0. The molecule has 1 aromatic carbocycles. The third kappa shape index (κ3) is 4.75. The summed E-state index contributed by atoms with van der Waals surface area (Å²) in [5.74, 6) is 1.80. The Bertz CT molecular complexity index is 979. The Labute approximate surface area is 176 Å². The van der Waals surface area contributed by atoms with Crippen molar-refractivity contribution >= 4 is 33.3 Å². The van der Waals surface area contributed by atoms with Crippen LogP contribution in [0.1, 0.15) is 44.3 Å². The minimum atomic E-state index is 0.140. The van der Waals surface area contributed by atoms with E-state index in [9.17, 15) is 4.79 Å². The van der Waals surface area contributed by atoms with Gasteiger partial charge < -0.3 is 10.2 Å². The third-order valence-electron chi connectivity index (χ3n) is 5.55. The van der Waals surface area contributed by atoms with Crippen LogP contribution in [0.4, 0.5) is 5.82 Å². The second-order valence-corrected chi connectivity index (χ2v) is 8.89. The lowest BCUT2D eigenvalue weighted by molar-refractivity contribution is -0.121. The molecular formula is C23H28N4OS. The van der Waals surface area contributed by atoms with Crippen LogP contribution in [-0.2, 0) is 4.79 Å². The molecule has 0 atom stereocenters. The molecule has 0 radical (unpaired) electrons. The fraction of sp³-hybridized carbons (Fsp3) is 0.435. The molecule has 1 amide bonds. The number of fused-ring (bicyclic) bond motifs is 1. The molecule has 3 aromatic rings. The van der Waals surface area contributed by atoms with E-state index in [1.54, 1.807) is 11.3 Å². The molecule has 2 heterocycles. The van der Waals surface area contributed by atoms with E-state index in [-0.39, 0.29) is 5.91 Å². The van der Waals surface area contributed by atoms with Gasteiger partial charge in [-0.25, -0.2) is 9.97 Å². The molecule has 1 aliphatic carbocycles. The number of anilines is 1. The Kier molecular flexibility index (Phi) is 6.09. The highest BCUT2D eigenvalue weighted by atomic mass is 32.1. The van der Waals surface area contributed by atoms with Crippen LogP contribution in [-0.4, -0.2) is 35.5 Å². The lowest BCUT2D eigenvalue weighted by Gasteiger charge is -2.24. The average Bonchev–Trinajstić information content (AvgIpc) is 3.16. The smallest absolute Gasteiger partial charge is 0.221 e. The van der Waals surface area contributed by atoms with Gasteiger partial charge in [0.1, 0.15) is 16.5 Å². The summed E-state index contributed by atoms with van der Waals surface area (Å²) >= 11 is 1.69. The first-order chi connectivity index (χ1) is 14.1. The summed E-state index contributed by atoms with van der Waals surface area (Å²) in [6, 6.07) is 12.9. The van der Waals surface area contributed by atoms with E-state index in [1.807, 2.05) is 20.0 Å². The van der Waals surface area contributed by atoms with E-state index < -0.39 is 0 Å². The monoisotopic (exact) mass is 408 g/mol. The summed E-state index contributed by atoms with van der Waals surface area (Å²) in [5.41, 5.74) is 1.19. The first kappa shape index (κ1) is 19.8. The number of aromatic nitrogens is 2. The van der Waals surface area contributed by atoms with Gasteiger partial charge in [0.2, 0.25) is 5.91 Å². The van der Waals surface area contributed by atoms with Crippen molar-refractivity contribution in [2.24, 2.45) is 0 Å². The van der Waals surface area contributed by atoms with Crippen LogP contribution in [0.2, 0.25) is 0 Å². The molecular weight excluding hydrogens is 380 g/mol. The van der Waals surface area contributed by atoms with Gasteiger partial charge >= 0.3 is 0 Å². The van der Waals surface area contributed by atoms with Crippen molar-refractivity contribution in [3.8, 4) is 10.4 Å². The van der Waals surface area contributed by atoms with E-state index in [0.717, 1.165) is 34.7 Å². The van der Waals surface area contributed by atoms with Gasteiger partial charge in [-0.2, -0.15) is 0 Å². The Balaban J connectivity index is 1.48. The van der Waals surface area contributed by atoms with Gasteiger partial charge in [-0.1, -0.05) is 49.6 Å². The van der Waals surface area contributed by atoms with Crippen molar-refractivity contribution < 1.29 is 4.79 Å². The van der Waals surface area contributed by atoms with E-state index in [1.165, 1.54) is 29.7 Å². The van der Waals surface area contributed by atoms with Crippen LogP contribution >= 0.6 is 11.3 Å². The average molecular weight is 409 g/mol. The maximum atomic E-state index is 12.4. The van der Waals surface area contributed by atoms with Crippen molar-refractivity contribution in [1.82, 2.24) is 15.3 Å². The number of amides is 1. The van der Waals surface area contributed by atoms with Crippen LogP contribution in [0.15, 0.2) is 36.4 Å². The number of hydrogen-bond donors (Lipinski definition) is 1. The zero-order valence-electron chi connectivity index (χ0n) is 17.1. The molecule has 0 bridgehead atoms. The fourth-order valence-electron chi connectivity index (χ4n) is 3.97. The molecule has 1 fully saturated rings. The molecule has 2 aromatic heterocycles. The molecule has 4 rings (SSSR count). The standard InChI is InChI=1S/C23H28N4OS/c1-16-24-22(27(2)14-13-21(28)26-18-11-7-4-8-12-18)19-15-20(29-23(19)25-16)17-9-5-3-6-10-17/h3,5-6,9-10,15,18H,4,7-8,11-14H2,1-2H3,(H,26,28). The predicted molar refractivity (Wildman–Crippen MR) is 120 cm³/mol. The van der Waals surface area contributed by atoms with Crippen molar-refractivity contribution in [3.05, 3.63) is 42.2 Å². The Morgan fingerprint density at radius 3 is 2.69 bits per heavy atom. The molecule has 152 valence electrons. The quantitative estimate of drug-likeness (QED) is 0.627. The number of nitrogens with zero attached hydrogens (tertiary/aromatic N) is 3. The van der Waals surface area contributed by atoms with E-state index in [0.29, 0.717) is 19.0 Å². The molecule has 1 saturated carbocycles. The Hall–Kier alpha value is -2.47. The van der Waals surface area contributed by atoms with E-state index >= 15 is 0 Å². The predicted octanol–water partition coefficient (Wildman–Crippen LogP) is 4.94. The highest BCUT2D eigenvalue weighted by molar-refractivity contribution is 7.21. The van der Waals surface area contributed by atoms with Crippen molar-refractivity contribution in [2.75, 3.05) is 18.5 Å². The lowest BCUT2D eigenvalue weighted by atomic mass is 9.95. The van der Waals surface area contributed by atoms with Gasteiger partial charge in [0.25, 0.3) is 0 Å².